The zero-order valence-corrected chi connectivity index (χ0v) is 14.3. The monoisotopic (exact) mass is 389 g/mol. The quantitative estimate of drug-likeness (QED) is 0.295. The molecule has 0 saturated heterocycles. The maximum Gasteiger partial charge on any atom is 0.191 e. The lowest BCUT2D eigenvalue weighted by atomic mass is 10.4. The lowest BCUT2D eigenvalue weighted by molar-refractivity contribution is 0.598. The molecule has 5 nitrogen and oxygen atoms in total. The number of hydrogen-bond acceptors (Lipinski definition) is 3. The van der Waals surface area contributed by atoms with E-state index in [-0.39, 0.29) is 29.7 Å². The maximum absolute atomic E-state index is 11.0. The highest BCUT2D eigenvalue weighted by Gasteiger charge is 2.20. The van der Waals surface area contributed by atoms with Gasteiger partial charge in [-0.05, 0) is 32.1 Å². The number of guanidine groups is 1. The molecule has 0 heterocycles. The molecular formula is C11H24IN3O2S. The van der Waals surface area contributed by atoms with Crippen LogP contribution in [0, 0.1) is 5.92 Å². The molecule has 0 aliphatic heterocycles. The highest BCUT2D eigenvalue weighted by molar-refractivity contribution is 14.0. The molecule has 1 rings (SSSR count). The summed E-state index contributed by atoms with van der Waals surface area (Å²) in [5, 5.41) is 6.30. The molecule has 0 unspecified atom stereocenters. The van der Waals surface area contributed by atoms with Gasteiger partial charge >= 0.3 is 0 Å². The van der Waals surface area contributed by atoms with Crippen LogP contribution in [0.5, 0.6) is 0 Å². The van der Waals surface area contributed by atoms with Crippen molar-refractivity contribution in [2.75, 3.05) is 31.6 Å². The van der Waals surface area contributed by atoms with Crippen LogP contribution in [0.25, 0.3) is 0 Å². The van der Waals surface area contributed by atoms with Crippen LogP contribution in [-0.2, 0) is 9.84 Å². The molecule has 2 N–H and O–H groups in total. The van der Waals surface area contributed by atoms with Gasteiger partial charge in [0.25, 0.3) is 0 Å². The minimum absolute atomic E-state index is 0. The first-order valence-electron chi connectivity index (χ1n) is 6.21. The molecule has 1 saturated carbocycles. The van der Waals surface area contributed by atoms with Gasteiger partial charge in [0.05, 0.1) is 5.75 Å². The van der Waals surface area contributed by atoms with Crippen LogP contribution in [0.3, 0.4) is 0 Å². The number of nitrogens with zero attached hydrogens (tertiary/aromatic N) is 1. The average Bonchev–Trinajstić information content (AvgIpc) is 3.03. The van der Waals surface area contributed by atoms with Gasteiger partial charge in [0.1, 0.15) is 9.84 Å². The van der Waals surface area contributed by atoms with Crippen LogP contribution in [0.1, 0.15) is 26.2 Å². The van der Waals surface area contributed by atoms with Crippen LogP contribution in [0.2, 0.25) is 0 Å². The van der Waals surface area contributed by atoms with Crippen LogP contribution in [-0.4, -0.2) is 46.0 Å². The Morgan fingerprint density at radius 3 is 2.50 bits per heavy atom. The molecule has 0 amide bonds. The number of halogens is 1. The van der Waals surface area contributed by atoms with Crippen molar-refractivity contribution in [3.05, 3.63) is 0 Å². The van der Waals surface area contributed by atoms with Crippen molar-refractivity contribution in [3.8, 4) is 0 Å². The first-order valence-corrected chi connectivity index (χ1v) is 8.27. The van der Waals surface area contributed by atoms with Gasteiger partial charge in [-0.25, -0.2) is 8.42 Å². The van der Waals surface area contributed by atoms with Gasteiger partial charge in [0.15, 0.2) is 5.96 Å². The summed E-state index contributed by atoms with van der Waals surface area (Å²) in [7, 11) is -2.85. The Morgan fingerprint density at radius 1 is 1.33 bits per heavy atom. The van der Waals surface area contributed by atoms with Crippen molar-refractivity contribution in [3.63, 3.8) is 0 Å². The van der Waals surface area contributed by atoms with Crippen molar-refractivity contribution in [2.45, 2.75) is 26.2 Å². The zero-order chi connectivity index (χ0) is 12.7. The van der Waals surface area contributed by atoms with E-state index in [0.717, 1.165) is 25.0 Å². The van der Waals surface area contributed by atoms with Crippen LogP contribution >= 0.6 is 24.0 Å². The third-order valence-electron chi connectivity index (χ3n) is 2.53. The molecule has 0 aromatic carbocycles. The molecule has 0 radical (unpaired) electrons. The molecule has 0 bridgehead atoms. The molecule has 108 valence electrons. The largest absolute Gasteiger partial charge is 0.357 e. The fraction of sp³-hybridized carbons (Fsp3) is 0.909. The van der Waals surface area contributed by atoms with Gasteiger partial charge in [-0.15, -0.1) is 24.0 Å². The van der Waals surface area contributed by atoms with E-state index in [1.807, 2.05) is 6.92 Å². The van der Waals surface area contributed by atoms with Crippen molar-refractivity contribution in [2.24, 2.45) is 10.9 Å². The standard InChI is InChI=1S/C11H23N3O2S.HI/c1-3-12-11(14-9-10-5-6-10)13-7-4-8-17(2,15)16;/h10H,3-9H2,1-2H3,(H2,12,13,14);1H. The van der Waals surface area contributed by atoms with Crippen molar-refractivity contribution in [1.29, 1.82) is 0 Å². The fourth-order valence-electron chi connectivity index (χ4n) is 1.40. The zero-order valence-electron chi connectivity index (χ0n) is 11.1. The van der Waals surface area contributed by atoms with Gasteiger partial charge in [-0.2, -0.15) is 0 Å². The minimum atomic E-state index is -2.85. The molecule has 7 heteroatoms. The Morgan fingerprint density at radius 2 is 2.00 bits per heavy atom. The SMILES string of the molecule is CCNC(=NCC1CC1)NCCCS(C)(=O)=O.I. The number of sulfone groups is 1. The molecule has 18 heavy (non-hydrogen) atoms. The molecule has 1 aliphatic rings. The van der Waals surface area contributed by atoms with E-state index in [1.165, 1.54) is 19.1 Å². The summed E-state index contributed by atoms with van der Waals surface area (Å²) >= 11 is 0. The fourth-order valence-corrected chi connectivity index (χ4v) is 2.07. The predicted octanol–water partition coefficient (Wildman–Crippen LogP) is 1.00. The van der Waals surface area contributed by atoms with Gasteiger partial charge in [0, 0.05) is 25.9 Å². The van der Waals surface area contributed by atoms with Gasteiger partial charge in [0.2, 0.25) is 0 Å². The lowest BCUT2D eigenvalue weighted by Crippen LogP contribution is -2.38. The smallest absolute Gasteiger partial charge is 0.191 e. The van der Waals surface area contributed by atoms with Crippen LogP contribution in [0.4, 0.5) is 0 Å². The Kier molecular flexibility index (Phi) is 8.93. The van der Waals surface area contributed by atoms with E-state index in [2.05, 4.69) is 15.6 Å². The Balaban J connectivity index is 0.00000289. The van der Waals surface area contributed by atoms with E-state index in [0.29, 0.717) is 13.0 Å². The second-order valence-electron chi connectivity index (χ2n) is 4.57. The summed E-state index contributed by atoms with van der Waals surface area (Å²) in [6, 6.07) is 0. The highest BCUT2D eigenvalue weighted by Crippen LogP contribution is 2.28. The number of rotatable bonds is 7. The predicted molar refractivity (Wildman–Crippen MR) is 86.4 cm³/mol. The molecule has 0 aromatic heterocycles. The highest BCUT2D eigenvalue weighted by atomic mass is 127. The van der Waals surface area contributed by atoms with E-state index < -0.39 is 9.84 Å². The normalized spacial score (nSPS) is 16.0. The maximum atomic E-state index is 11.0. The van der Waals surface area contributed by atoms with Gasteiger partial charge in [-0.3, -0.25) is 4.99 Å². The topological polar surface area (TPSA) is 70.6 Å². The van der Waals surface area contributed by atoms with Gasteiger partial charge < -0.3 is 10.6 Å². The van der Waals surface area contributed by atoms with Gasteiger partial charge in [-0.1, -0.05) is 0 Å². The Hall–Kier alpha value is -0.0500. The van der Waals surface area contributed by atoms with E-state index in [1.54, 1.807) is 0 Å². The Bertz CT molecular complexity index is 353. The summed E-state index contributed by atoms with van der Waals surface area (Å²) in [6.07, 6.45) is 4.46. The molecule has 0 spiro atoms. The molecule has 0 aromatic rings. The number of aliphatic imine (C=N–C) groups is 1. The van der Waals surface area contributed by atoms with E-state index in [4.69, 9.17) is 0 Å². The van der Waals surface area contributed by atoms with E-state index >= 15 is 0 Å². The van der Waals surface area contributed by atoms with E-state index in [9.17, 15) is 8.42 Å². The first kappa shape index (κ1) is 17.9. The summed E-state index contributed by atoms with van der Waals surface area (Å²) in [6.45, 7) is 4.36. The second-order valence-corrected chi connectivity index (χ2v) is 6.83. The van der Waals surface area contributed by atoms with Crippen LogP contribution in [0.15, 0.2) is 4.99 Å². The molecule has 1 fully saturated rings. The molecule has 1 aliphatic carbocycles. The first-order chi connectivity index (χ1) is 8.01. The third-order valence-corrected chi connectivity index (χ3v) is 3.56. The molecular weight excluding hydrogens is 365 g/mol. The Labute approximate surface area is 127 Å². The van der Waals surface area contributed by atoms with Crippen molar-refractivity contribution < 1.29 is 8.42 Å². The summed E-state index contributed by atoms with van der Waals surface area (Å²) in [4.78, 5) is 4.45. The number of hydrogen-bond donors (Lipinski definition) is 2. The van der Waals surface area contributed by atoms with Crippen molar-refractivity contribution in [1.82, 2.24) is 10.6 Å². The average molecular weight is 389 g/mol. The van der Waals surface area contributed by atoms with Crippen LogP contribution < -0.4 is 10.6 Å². The summed E-state index contributed by atoms with van der Waals surface area (Å²) in [5.41, 5.74) is 0. The summed E-state index contributed by atoms with van der Waals surface area (Å²) < 4.78 is 21.9. The third kappa shape index (κ3) is 9.93. The minimum Gasteiger partial charge on any atom is -0.357 e. The summed E-state index contributed by atoms with van der Waals surface area (Å²) in [5.74, 6) is 1.79. The van der Waals surface area contributed by atoms with Crippen molar-refractivity contribution >= 4 is 39.8 Å². The lowest BCUT2D eigenvalue weighted by Gasteiger charge is -2.10. The second kappa shape index (κ2) is 8.95. The molecule has 0 atom stereocenters. The number of nitrogens with one attached hydrogen (secondary N) is 2.